The van der Waals surface area contributed by atoms with Gasteiger partial charge in [0.05, 0.1) is 6.61 Å². The number of benzene rings is 1. The molecule has 2 heteroatoms. The normalized spacial score (nSPS) is 16.8. The fourth-order valence-corrected chi connectivity index (χ4v) is 2.15. The number of rotatable bonds is 7. The van der Waals surface area contributed by atoms with E-state index in [1.165, 1.54) is 24.8 Å². The molecule has 1 fully saturated rings. The lowest BCUT2D eigenvalue weighted by Crippen LogP contribution is -2.20. The maximum atomic E-state index is 5.66. The SMILES string of the molecule is CCOc1ccccc1C(C)NCCC1CC1. The van der Waals surface area contributed by atoms with Gasteiger partial charge in [0.2, 0.25) is 0 Å². The van der Waals surface area contributed by atoms with E-state index in [2.05, 4.69) is 30.4 Å². The topological polar surface area (TPSA) is 21.3 Å². The van der Waals surface area contributed by atoms with Crippen LogP contribution in [0.5, 0.6) is 5.75 Å². The van der Waals surface area contributed by atoms with Crippen LogP contribution < -0.4 is 10.1 Å². The molecule has 0 spiro atoms. The largest absolute Gasteiger partial charge is 0.494 e. The van der Waals surface area contributed by atoms with Crippen molar-refractivity contribution >= 4 is 0 Å². The summed E-state index contributed by atoms with van der Waals surface area (Å²) in [5.74, 6) is 2.01. The second-order valence-corrected chi connectivity index (χ2v) is 4.88. The second-order valence-electron chi connectivity index (χ2n) is 4.88. The number of para-hydroxylation sites is 1. The van der Waals surface area contributed by atoms with Crippen molar-refractivity contribution in [3.63, 3.8) is 0 Å². The molecule has 1 atom stereocenters. The quantitative estimate of drug-likeness (QED) is 0.778. The summed E-state index contributed by atoms with van der Waals surface area (Å²) in [4.78, 5) is 0. The van der Waals surface area contributed by atoms with E-state index >= 15 is 0 Å². The van der Waals surface area contributed by atoms with Crippen LogP contribution in [0.15, 0.2) is 24.3 Å². The summed E-state index contributed by atoms with van der Waals surface area (Å²) in [6, 6.07) is 8.69. The third kappa shape index (κ3) is 3.74. The Balaban J connectivity index is 1.89. The molecule has 2 rings (SSSR count). The summed E-state index contributed by atoms with van der Waals surface area (Å²) >= 11 is 0. The van der Waals surface area contributed by atoms with Crippen molar-refractivity contribution in [2.24, 2.45) is 5.92 Å². The molecule has 1 aromatic carbocycles. The lowest BCUT2D eigenvalue weighted by atomic mass is 10.1. The van der Waals surface area contributed by atoms with Crippen molar-refractivity contribution in [2.45, 2.75) is 39.2 Å². The van der Waals surface area contributed by atoms with Crippen LogP contribution in [0.3, 0.4) is 0 Å². The van der Waals surface area contributed by atoms with Crippen molar-refractivity contribution in [2.75, 3.05) is 13.2 Å². The van der Waals surface area contributed by atoms with E-state index in [9.17, 15) is 0 Å². The smallest absolute Gasteiger partial charge is 0.124 e. The highest BCUT2D eigenvalue weighted by Crippen LogP contribution is 2.32. The molecule has 94 valence electrons. The third-order valence-corrected chi connectivity index (χ3v) is 3.39. The summed E-state index contributed by atoms with van der Waals surface area (Å²) < 4.78 is 5.66. The van der Waals surface area contributed by atoms with E-state index in [0.29, 0.717) is 6.04 Å². The van der Waals surface area contributed by atoms with Gasteiger partial charge in [0.25, 0.3) is 0 Å². The van der Waals surface area contributed by atoms with Gasteiger partial charge in [-0.25, -0.2) is 0 Å². The minimum Gasteiger partial charge on any atom is -0.494 e. The van der Waals surface area contributed by atoms with E-state index in [1.54, 1.807) is 0 Å². The monoisotopic (exact) mass is 233 g/mol. The van der Waals surface area contributed by atoms with Crippen LogP contribution >= 0.6 is 0 Å². The molecule has 17 heavy (non-hydrogen) atoms. The molecule has 0 saturated heterocycles. The minimum absolute atomic E-state index is 0.372. The Kier molecular flexibility index (Phi) is 4.43. The predicted molar refractivity (Wildman–Crippen MR) is 71.4 cm³/mol. The number of hydrogen-bond acceptors (Lipinski definition) is 2. The molecule has 0 heterocycles. The Hall–Kier alpha value is -1.02. The summed E-state index contributed by atoms with van der Waals surface area (Å²) in [7, 11) is 0. The molecule has 1 aromatic rings. The van der Waals surface area contributed by atoms with Crippen molar-refractivity contribution < 1.29 is 4.74 Å². The molecule has 0 bridgehead atoms. The van der Waals surface area contributed by atoms with Crippen LogP contribution in [0.1, 0.15) is 44.7 Å². The zero-order chi connectivity index (χ0) is 12.1. The third-order valence-electron chi connectivity index (χ3n) is 3.39. The Morgan fingerprint density at radius 1 is 1.35 bits per heavy atom. The predicted octanol–water partition coefficient (Wildman–Crippen LogP) is 3.54. The van der Waals surface area contributed by atoms with Gasteiger partial charge in [-0.1, -0.05) is 31.0 Å². The highest BCUT2D eigenvalue weighted by Gasteiger charge is 2.20. The fourth-order valence-electron chi connectivity index (χ4n) is 2.15. The Morgan fingerprint density at radius 2 is 2.12 bits per heavy atom. The zero-order valence-electron chi connectivity index (χ0n) is 10.9. The summed E-state index contributed by atoms with van der Waals surface area (Å²) in [6.45, 7) is 6.09. The van der Waals surface area contributed by atoms with Gasteiger partial charge in [0, 0.05) is 11.6 Å². The maximum absolute atomic E-state index is 5.66. The van der Waals surface area contributed by atoms with E-state index in [1.807, 2.05) is 13.0 Å². The Bertz CT molecular complexity index is 347. The van der Waals surface area contributed by atoms with Gasteiger partial charge in [-0.05, 0) is 38.8 Å². The van der Waals surface area contributed by atoms with E-state index < -0.39 is 0 Å². The van der Waals surface area contributed by atoms with Crippen LogP contribution in [0.4, 0.5) is 0 Å². The van der Waals surface area contributed by atoms with Crippen LogP contribution in [-0.4, -0.2) is 13.2 Å². The van der Waals surface area contributed by atoms with Gasteiger partial charge in [0.1, 0.15) is 5.75 Å². The summed E-state index contributed by atoms with van der Waals surface area (Å²) in [5.41, 5.74) is 1.27. The average Bonchev–Trinajstić information content (AvgIpc) is 3.14. The van der Waals surface area contributed by atoms with Crippen molar-refractivity contribution in [3.05, 3.63) is 29.8 Å². The van der Waals surface area contributed by atoms with Crippen LogP contribution in [-0.2, 0) is 0 Å². The van der Waals surface area contributed by atoms with Gasteiger partial charge in [0.15, 0.2) is 0 Å². The molecule has 1 aliphatic carbocycles. The molecule has 0 radical (unpaired) electrons. The molecule has 1 saturated carbocycles. The molecular weight excluding hydrogens is 210 g/mol. The number of ether oxygens (including phenoxy) is 1. The maximum Gasteiger partial charge on any atom is 0.124 e. The molecule has 1 aliphatic rings. The van der Waals surface area contributed by atoms with E-state index in [4.69, 9.17) is 4.74 Å². The van der Waals surface area contributed by atoms with Gasteiger partial charge in [-0.3, -0.25) is 0 Å². The fraction of sp³-hybridized carbons (Fsp3) is 0.600. The standard InChI is InChI=1S/C15H23NO/c1-3-17-15-7-5-4-6-14(15)12(2)16-11-10-13-8-9-13/h4-7,12-13,16H,3,8-11H2,1-2H3. The Labute approximate surface area is 104 Å². The van der Waals surface area contributed by atoms with Gasteiger partial charge >= 0.3 is 0 Å². The zero-order valence-corrected chi connectivity index (χ0v) is 10.9. The molecular formula is C15H23NO. The van der Waals surface area contributed by atoms with Crippen LogP contribution in [0.2, 0.25) is 0 Å². The Morgan fingerprint density at radius 3 is 2.82 bits per heavy atom. The summed E-state index contributed by atoms with van der Waals surface area (Å²) in [5, 5.41) is 3.59. The highest BCUT2D eigenvalue weighted by molar-refractivity contribution is 5.35. The van der Waals surface area contributed by atoms with Crippen LogP contribution in [0.25, 0.3) is 0 Å². The number of hydrogen-bond donors (Lipinski definition) is 1. The minimum atomic E-state index is 0.372. The van der Waals surface area contributed by atoms with Gasteiger partial charge in [-0.2, -0.15) is 0 Å². The second kappa shape index (κ2) is 6.06. The lowest BCUT2D eigenvalue weighted by Gasteiger charge is -2.17. The van der Waals surface area contributed by atoms with Crippen molar-refractivity contribution in [1.29, 1.82) is 0 Å². The molecule has 0 aromatic heterocycles. The van der Waals surface area contributed by atoms with E-state index in [-0.39, 0.29) is 0 Å². The molecule has 1 N–H and O–H groups in total. The molecule has 0 aliphatic heterocycles. The average molecular weight is 233 g/mol. The first kappa shape index (κ1) is 12.4. The molecule has 1 unspecified atom stereocenters. The van der Waals surface area contributed by atoms with Crippen molar-refractivity contribution in [3.8, 4) is 5.75 Å². The molecule has 0 amide bonds. The lowest BCUT2D eigenvalue weighted by molar-refractivity contribution is 0.332. The first-order valence-corrected chi connectivity index (χ1v) is 6.76. The van der Waals surface area contributed by atoms with Crippen molar-refractivity contribution in [1.82, 2.24) is 5.32 Å². The first-order chi connectivity index (χ1) is 8.31. The van der Waals surface area contributed by atoms with Gasteiger partial charge in [-0.15, -0.1) is 0 Å². The van der Waals surface area contributed by atoms with E-state index in [0.717, 1.165) is 24.8 Å². The van der Waals surface area contributed by atoms with Crippen LogP contribution in [0, 0.1) is 5.92 Å². The van der Waals surface area contributed by atoms with Gasteiger partial charge < -0.3 is 10.1 Å². The highest BCUT2D eigenvalue weighted by atomic mass is 16.5. The summed E-state index contributed by atoms with van der Waals surface area (Å²) in [6.07, 6.45) is 4.19. The molecule has 2 nitrogen and oxygen atoms in total. The first-order valence-electron chi connectivity index (χ1n) is 6.76. The number of nitrogens with one attached hydrogen (secondary N) is 1.